The summed E-state index contributed by atoms with van der Waals surface area (Å²) in [6.45, 7) is 6.14. The van der Waals surface area contributed by atoms with Crippen LogP contribution in [0.15, 0.2) is 42.5 Å². The summed E-state index contributed by atoms with van der Waals surface area (Å²) in [6, 6.07) is 12.6. The van der Waals surface area contributed by atoms with Crippen molar-refractivity contribution in [2.75, 3.05) is 11.6 Å². The molecular weight excluding hydrogens is 322 g/mol. The lowest BCUT2D eigenvalue weighted by Gasteiger charge is -2.16. The van der Waals surface area contributed by atoms with Crippen molar-refractivity contribution in [2.45, 2.75) is 32.4 Å². The number of nitrogens with one attached hydrogen (secondary N) is 1. The summed E-state index contributed by atoms with van der Waals surface area (Å²) in [6.07, 6.45) is 1.19. The molecule has 1 amide bonds. The number of para-hydroxylation sites is 1. The summed E-state index contributed by atoms with van der Waals surface area (Å²) in [5, 5.41) is 2.99. The Morgan fingerprint density at radius 1 is 1.08 bits per heavy atom. The van der Waals surface area contributed by atoms with Crippen LogP contribution < -0.4 is 5.32 Å². The molecule has 0 aliphatic heterocycles. The molecule has 128 valence electrons. The van der Waals surface area contributed by atoms with Crippen molar-refractivity contribution in [3.63, 3.8) is 0 Å². The molecule has 0 atom stereocenters. The molecule has 5 heteroatoms. The summed E-state index contributed by atoms with van der Waals surface area (Å²) < 4.78 is 22.6. The molecule has 0 aliphatic rings. The lowest BCUT2D eigenvalue weighted by Crippen LogP contribution is -2.15. The van der Waals surface area contributed by atoms with E-state index in [4.69, 9.17) is 0 Å². The third-order valence-corrected chi connectivity index (χ3v) is 4.67. The Kier molecular flexibility index (Phi) is 5.44. The van der Waals surface area contributed by atoms with Gasteiger partial charge in [0.1, 0.15) is 0 Å². The van der Waals surface area contributed by atoms with Gasteiger partial charge in [-0.3, -0.25) is 4.79 Å². The molecule has 0 spiro atoms. The van der Waals surface area contributed by atoms with Gasteiger partial charge >= 0.3 is 0 Å². The topological polar surface area (TPSA) is 63.2 Å². The predicted octanol–water partition coefficient (Wildman–Crippen LogP) is 3.92. The first kappa shape index (κ1) is 18.2. The minimum Gasteiger partial charge on any atom is -0.321 e. The number of sulfone groups is 1. The molecule has 2 aromatic rings. The standard InChI is InChI=1S/C19H23NO3S/c1-13(2)17-7-5-6-14(3)18(17)20-19(21)16-10-8-15(9-11-16)12-24(4,22)23/h5-11,13H,12H2,1-4H3,(H,20,21). The van der Waals surface area contributed by atoms with Crippen LogP contribution in [0.1, 0.15) is 46.8 Å². The highest BCUT2D eigenvalue weighted by molar-refractivity contribution is 7.89. The molecule has 0 unspecified atom stereocenters. The van der Waals surface area contributed by atoms with Crippen LogP contribution in [0.4, 0.5) is 5.69 Å². The van der Waals surface area contributed by atoms with Crippen molar-refractivity contribution >= 4 is 21.4 Å². The van der Waals surface area contributed by atoms with Gasteiger partial charge in [-0.05, 0) is 41.7 Å². The molecular formula is C19H23NO3S. The Bertz CT molecular complexity index is 837. The van der Waals surface area contributed by atoms with Crippen LogP contribution in [0.5, 0.6) is 0 Å². The van der Waals surface area contributed by atoms with Gasteiger partial charge in [-0.1, -0.05) is 44.2 Å². The molecule has 0 bridgehead atoms. The molecule has 0 fully saturated rings. The fourth-order valence-electron chi connectivity index (χ4n) is 2.58. The van der Waals surface area contributed by atoms with Gasteiger partial charge in [-0.25, -0.2) is 8.42 Å². The minimum atomic E-state index is -3.08. The Labute approximate surface area is 143 Å². The van der Waals surface area contributed by atoms with Crippen LogP contribution in [-0.4, -0.2) is 20.6 Å². The Morgan fingerprint density at radius 2 is 1.71 bits per heavy atom. The van der Waals surface area contributed by atoms with Gasteiger partial charge in [0.15, 0.2) is 9.84 Å². The third kappa shape index (κ3) is 4.68. The van der Waals surface area contributed by atoms with E-state index in [-0.39, 0.29) is 11.7 Å². The SMILES string of the molecule is Cc1cccc(C(C)C)c1NC(=O)c1ccc(CS(C)(=O)=O)cc1. The summed E-state index contributed by atoms with van der Waals surface area (Å²) in [7, 11) is -3.08. The normalized spacial score (nSPS) is 11.5. The average molecular weight is 345 g/mol. The zero-order valence-electron chi connectivity index (χ0n) is 14.5. The van der Waals surface area contributed by atoms with E-state index in [9.17, 15) is 13.2 Å². The van der Waals surface area contributed by atoms with Crippen LogP contribution in [0.25, 0.3) is 0 Å². The van der Waals surface area contributed by atoms with E-state index in [0.29, 0.717) is 17.0 Å². The smallest absolute Gasteiger partial charge is 0.255 e. The first-order chi connectivity index (χ1) is 11.2. The Balaban J connectivity index is 2.22. The van der Waals surface area contributed by atoms with Crippen molar-refractivity contribution in [3.05, 3.63) is 64.7 Å². The van der Waals surface area contributed by atoms with Gasteiger partial charge in [0, 0.05) is 17.5 Å². The van der Waals surface area contributed by atoms with Gasteiger partial charge < -0.3 is 5.32 Å². The first-order valence-corrected chi connectivity index (χ1v) is 9.91. The number of carbonyl (C=O) groups is 1. The minimum absolute atomic E-state index is 0.0236. The predicted molar refractivity (Wildman–Crippen MR) is 98.2 cm³/mol. The summed E-state index contributed by atoms with van der Waals surface area (Å²) in [4.78, 5) is 12.5. The summed E-state index contributed by atoms with van der Waals surface area (Å²) in [5.41, 5.74) is 4.14. The van der Waals surface area contributed by atoms with Crippen molar-refractivity contribution in [1.29, 1.82) is 0 Å². The maximum Gasteiger partial charge on any atom is 0.255 e. The van der Waals surface area contributed by atoms with E-state index in [2.05, 4.69) is 19.2 Å². The second-order valence-electron chi connectivity index (χ2n) is 6.41. The highest BCUT2D eigenvalue weighted by Gasteiger charge is 2.13. The molecule has 0 saturated carbocycles. The maximum atomic E-state index is 12.5. The number of hydrogen-bond acceptors (Lipinski definition) is 3. The molecule has 0 aromatic heterocycles. The Morgan fingerprint density at radius 3 is 2.25 bits per heavy atom. The van der Waals surface area contributed by atoms with Gasteiger partial charge in [0.05, 0.1) is 5.75 Å². The summed E-state index contributed by atoms with van der Waals surface area (Å²) >= 11 is 0. The highest BCUT2D eigenvalue weighted by atomic mass is 32.2. The van der Waals surface area contributed by atoms with Crippen LogP contribution >= 0.6 is 0 Å². The number of anilines is 1. The molecule has 2 aromatic carbocycles. The van der Waals surface area contributed by atoms with Gasteiger partial charge in [0.25, 0.3) is 5.91 Å². The second kappa shape index (κ2) is 7.18. The monoisotopic (exact) mass is 345 g/mol. The molecule has 0 aliphatic carbocycles. The lowest BCUT2D eigenvalue weighted by atomic mass is 9.98. The zero-order chi connectivity index (χ0) is 17.9. The van der Waals surface area contributed by atoms with E-state index < -0.39 is 9.84 Å². The molecule has 0 saturated heterocycles. The van der Waals surface area contributed by atoms with E-state index in [1.54, 1.807) is 24.3 Å². The molecule has 1 N–H and O–H groups in total. The van der Waals surface area contributed by atoms with E-state index in [1.807, 2.05) is 25.1 Å². The molecule has 24 heavy (non-hydrogen) atoms. The maximum absolute atomic E-state index is 12.5. The number of rotatable bonds is 5. The second-order valence-corrected chi connectivity index (χ2v) is 8.56. The largest absolute Gasteiger partial charge is 0.321 e. The zero-order valence-corrected chi connectivity index (χ0v) is 15.3. The fourth-order valence-corrected chi connectivity index (χ4v) is 3.38. The number of carbonyl (C=O) groups excluding carboxylic acids is 1. The van der Waals surface area contributed by atoms with Crippen molar-refractivity contribution in [2.24, 2.45) is 0 Å². The lowest BCUT2D eigenvalue weighted by molar-refractivity contribution is 0.102. The highest BCUT2D eigenvalue weighted by Crippen LogP contribution is 2.27. The molecule has 4 nitrogen and oxygen atoms in total. The Hall–Kier alpha value is -2.14. The molecule has 2 rings (SSSR count). The quantitative estimate of drug-likeness (QED) is 0.893. The molecule has 0 heterocycles. The third-order valence-electron chi connectivity index (χ3n) is 3.81. The fraction of sp³-hybridized carbons (Fsp3) is 0.316. The van der Waals surface area contributed by atoms with Gasteiger partial charge in [-0.15, -0.1) is 0 Å². The first-order valence-electron chi connectivity index (χ1n) is 7.85. The molecule has 0 radical (unpaired) electrons. The number of hydrogen-bond donors (Lipinski definition) is 1. The summed E-state index contributed by atoms with van der Waals surface area (Å²) in [5.74, 6) is 0.0823. The van der Waals surface area contributed by atoms with Gasteiger partial charge in [0.2, 0.25) is 0 Å². The van der Waals surface area contributed by atoms with Crippen LogP contribution in [-0.2, 0) is 15.6 Å². The van der Waals surface area contributed by atoms with Crippen LogP contribution in [0.2, 0.25) is 0 Å². The van der Waals surface area contributed by atoms with Gasteiger partial charge in [-0.2, -0.15) is 0 Å². The van der Waals surface area contributed by atoms with Crippen LogP contribution in [0, 0.1) is 6.92 Å². The van der Waals surface area contributed by atoms with E-state index >= 15 is 0 Å². The van der Waals surface area contributed by atoms with Crippen molar-refractivity contribution in [1.82, 2.24) is 0 Å². The van der Waals surface area contributed by atoms with Crippen LogP contribution in [0.3, 0.4) is 0 Å². The number of amides is 1. The number of aryl methyl sites for hydroxylation is 1. The van der Waals surface area contributed by atoms with E-state index in [1.165, 1.54) is 6.26 Å². The average Bonchev–Trinajstić information content (AvgIpc) is 2.48. The van der Waals surface area contributed by atoms with Crippen molar-refractivity contribution in [3.8, 4) is 0 Å². The van der Waals surface area contributed by atoms with E-state index in [0.717, 1.165) is 16.8 Å². The number of benzene rings is 2. The van der Waals surface area contributed by atoms with Crippen molar-refractivity contribution < 1.29 is 13.2 Å².